The number of benzene rings is 1. The van der Waals surface area contributed by atoms with Crippen molar-refractivity contribution in [1.29, 1.82) is 0 Å². The van der Waals surface area contributed by atoms with E-state index < -0.39 is 0 Å². The third-order valence-corrected chi connectivity index (χ3v) is 4.33. The Morgan fingerprint density at radius 1 is 1.10 bits per heavy atom. The topological polar surface area (TPSA) is 50.5 Å². The lowest BCUT2D eigenvalue weighted by Gasteiger charge is -2.30. The number of nitrogens with one attached hydrogen (secondary N) is 1. The van der Waals surface area contributed by atoms with Crippen LogP contribution >= 0.6 is 0 Å². The van der Waals surface area contributed by atoms with Crippen molar-refractivity contribution >= 4 is 11.4 Å². The maximum Gasteiger partial charge on any atom is 0.0642 e. The highest BCUT2D eigenvalue weighted by molar-refractivity contribution is 5.55. The Labute approximate surface area is 121 Å². The Kier molecular flexibility index (Phi) is 4.43. The predicted octanol–water partition coefficient (Wildman–Crippen LogP) is 2.20. The van der Waals surface area contributed by atoms with Gasteiger partial charge in [-0.15, -0.1) is 0 Å². The van der Waals surface area contributed by atoms with Crippen LogP contribution in [0.1, 0.15) is 25.7 Å². The van der Waals surface area contributed by atoms with Crippen LogP contribution in [0.25, 0.3) is 0 Å². The predicted molar refractivity (Wildman–Crippen MR) is 83.3 cm³/mol. The molecule has 2 fully saturated rings. The zero-order valence-electron chi connectivity index (χ0n) is 12.1. The van der Waals surface area contributed by atoms with Crippen LogP contribution in [0.5, 0.6) is 0 Å². The first-order valence-electron chi connectivity index (χ1n) is 7.76. The minimum absolute atomic E-state index is 0.369. The van der Waals surface area contributed by atoms with Crippen molar-refractivity contribution in [3.8, 4) is 0 Å². The molecule has 2 unspecified atom stereocenters. The second kappa shape index (κ2) is 6.46. The monoisotopic (exact) mass is 275 g/mol. The molecule has 0 aromatic heterocycles. The molecule has 2 aliphatic rings. The summed E-state index contributed by atoms with van der Waals surface area (Å²) >= 11 is 0. The van der Waals surface area contributed by atoms with Crippen molar-refractivity contribution < 1.29 is 4.74 Å². The Balaban J connectivity index is 1.58. The number of anilines is 2. The Bertz CT molecular complexity index is 414. The zero-order valence-corrected chi connectivity index (χ0v) is 12.1. The maximum atomic E-state index is 6.04. The maximum absolute atomic E-state index is 6.04. The van der Waals surface area contributed by atoms with Gasteiger partial charge in [-0.3, -0.25) is 0 Å². The quantitative estimate of drug-likeness (QED) is 0.888. The van der Waals surface area contributed by atoms with E-state index in [0.29, 0.717) is 12.1 Å². The van der Waals surface area contributed by atoms with E-state index in [-0.39, 0.29) is 0 Å². The van der Waals surface area contributed by atoms with E-state index in [0.717, 1.165) is 32.7 Å². The first-order chi connectivity index (χ1) is 9.81. The molecular weight excluding hydrogens is 250 g/mol. The molecule has 1 aromatic rings. The van der Waals surface area contributed by atoms with E-state index in [9.17, 15) is 0 Å². The summed E-state index contributed by atoms with van der Waals surface area (Å²) in [5, 5.41) is 3.62. The highest BCUT2D eigenvalue weighted by Crippen LogP contribution is 2.23. The molecule has 4 nitrogen and oxygen atoms in total. The van der Waals surface area contributed by atoms with Crippen LogP contribution in [0, 0.1) is 0 Å². The average Bonchev–Trinajstić information content (AvgIpc) is 2.49. The molecule has 3 rings (SSSR count). The third-order valence-electron chi connectivity index (χ3n) is 4.33. The standard InChI is InChI=1S/C16H25N3O/c17-13-2-1-3-15(12-13)18-14-4-6-16(7-5-14)19-8-10-20-11-9-19/h4-7,13,15,18H,1-3,8-12,17H2. The van der Waals surface area contributed by atoms with Gasteiger partial charge in [-0.2, -0.15) is 0 Å². The Morgan fingerprint density at radius 3 is 2.55 bits per heavy atom. The van der Waals surface area contributed by atoms with Gasteiger partial charge in [-0.1, -0.05) is 0 Å². The van der Waals surface area contributed by atoms with Crippen LogP contribution in [-0.2, 0) is 4.74 Å². The van der Waals surface area contributed by atoms with Crippen LogP contribution < -0.4 is 16.0 Å². The fraction of sp³-hybridized carbons (Fsp3) is 0.625. The smallest absolute Gasteiger partial charge is 0.0642 e. The van der Waals surface area contributed by atoms with Gasteiger partial charge in [-0.05, 0) is 49.9 Å². The van der Waals surface area contributed by atoms with E-state index in [1.54, 1.807) is 0 Å². The van der Waals surface area contributed by atoms with Crippen molar-refractivity contribution in [3.05, 3.63) is 24.3 Å². The molecule has 0 spiro atoms. The Morgan fingerprint density at radius 2 is 1.85 bits per heavy atom. The molecule has 1 aromatic carbocycles. The normalized spacial score (nSPS) is 27.4. The minimum Gasteiger partial charge on any atom is -0.382 e. The number of hydrogen-bond donors (Lipinski definition) is 2. The van der Waals surface area contributed by atoms with Gasteiger partial charge in [0, 0.05) is 36.5 Å². The summed E-state index contributed by atoms with van der Waals surface area (Å²) in [6.07, 6.45) is 4.74. The number of morpholine rings is 1. The number of nitrogens with two attached hydrogens (primary N) is 1. The molecule has 1 aliphatic carbocycles. The summed E-state index contributed by atoms with van der Waals surface area (Å²) in [6.45, 7) is 3.65. The van der Waals surface area contributed by atoms with Gasteiger partial charge in [0.1, 0.15) is 0 Å². The van der Waals surface area contributed by atoms with Crippen LogP contribution in [-0.4, -0.2) is 38.4 Å². The fourth-order valence-corrected chi connectivity index (χ4v) is 3.18. The molecule has 1 aliphatic heterocycles. The van der Waals surface area contributed by atoms with Crippen molar-refractivity contribution in [2.75, 3.05) is 36.5 Å². The largest absolute Gasteiger partial charge is 0.382 e. The molecule has 3 N–H and O–H groups in total. The summed E-state index contributed by atoms with van der Waals surface area (Å²) in [7, 11) is 0. The van der Waals surface area contributed by atoms with Crippen LogP contribution in [0.15, 0.2) is 24.3 Å². The van der Waals surface area contributed by atoms with E-state index in [2.05, 4.69) is 34.5 Å². The lowest BCUT2D eigenvalue weighted by Crippen LogP contribution is -2.36. The second-order valence-electron chi connectivity index (χ2n) is 5.91. The Hall–Kier alpha value is -1.26. The highest BCUT2D eigenvalue weighted by Gasteiger charge is 2.19. The highest BCUT2D eigenvalue weighted by atomic mass is 16.5. The fourth-order valence-electron chi connectivity index (χ4n) is 3.18. The van der Waals surface area contributed by atoms with Gasteiger partial charge < -0.3 is 20.7 Å². The van der Waals surface area contributed by atoms with E-state index in [4.69, 9.17) is 10.5 Å². The first-order valence-corrected chi connectivity index (χ1v) is 7.76. The third kappa shape index (κ3) is 3.44. The van der Waals surface area contributed by atoms with E-state index in [1.165, 1.54) is 30.6 Å². The van der Waals surface area contributed by atoms with Gasteiger partial charge in [0.05, 0.1) is 13.2 Å². The van der Waals surface area contributed by atoms with Crippen LogP contribution in [0.4, 0.5) is 11.4 Å². The lowest BCUT2D eigenvalue weighted by molar-refractivity contribution is 0.122. The lowest BCUT2D eigenvalue weighted by atomic mass is 9.91. The molecule has 0 amide bonds. The molecule has 1 saturated carbocycles. The van der Waals surface area contributed by atoms with Crippen LogP contribution in [0.2, 0.25) is 0 Å². The summed E-state index contributed by atoms with van der Waals surface area (Å²) in [4.78, 5) is 2.38. The SMILES string of the molecule is NC1CCCC(Nc2ccc(N3CCOCC3)cc2)C1. The number of hydrogen-bond acceptors (Lipinski definition) is 4. The molecule has 0 bridgehead atoms. The zero-order chi connectivity index (χ0) is 13.8. The summed E-state index contributed by atoms with van der Waals surface area (Å²) < 4.78 is 5.39. The molecule has 20 heavy (non-hydrogen) atoms. The van der Waals surface area contributed by atoms with Gasteiger partial charge in [-0.25, -0.2) is 0 Å². The van der Waals surface area contributed by atoms with Gasteiger partial charge in [0.25, 0.3) is 0 Å². The van der Waals surface area contributed by atoms with Crippen LogP contribution in [0.3, 0.4) is 0 Å². The van der Waals surface area contributed by atoms with E-state index in [1.807, 2.05) is 0 Å². The summed E-state index contributed by atoms with van der Waals surface area (Å²) in [5.74, 6) is 0. The van der Waals surface area contributed by atoms with Gasteiger partial charge in [0.15, 0.2) is 0 Å². The van der Waals surface area contributed by atoms with Gasteiger partial charge in [0.2, 0.25) is 0 Å². The van der Waals surface area contributed by atoms with Crippen molar-refractivity contribution in [3.63, 3.8) is 0 Å². The molecule has 1 heterocycles. The summed E-state index contributed by atoms with van der Waals surface area (Å²) in [6, 6.07) is 9.68. The number of rotatable bonds is 3. The molecule has 110 valence electrons. The van der Waals surface area contributed by atoms with Crippen molar-refractivity contribution in [2.24, 2.45) is 5.73 Å². The van der Waals surface area contributed by atoms with E-state index >= 15 is 0 Å². The first kappa shape index (κ1) is 13.7. The van der Waals surface area contributed by atoms with Gasteiger partial charge >= 0.3 is 0 Å². The second-order valence-corrected chi connectivity index (χ2v) is 5.91. The molecule has 0 radical (unpaired) electrons. The number of ether oxygens (including phenoxy) is 1. The summed E-state index contributed by atoms with van der Waals surface area (Å²) in [5.41, 5.74) is 8.54. The molecule has 2 atom stereocenters. The van der Waals surface area contributed by atoms with Crippen molar-refractivity contribution in [1.82, 2.24) is 0 Å². The molecule has 1 saturated heterocycles. The number of nitrogens with zero attached hydrogens (tertiary/aromatic N) is 1. The average molecular weight is 275 g/mol. The minimum atomic E-state index is 0.369. The molecule has 4 heteroatoms. The molecular formula is C16H25N3O. The van der Waals surface area contributed by atoms with Crippen molar-refractivity contribution in [2.45, 2.75) is 37.8 Å².